The monoisotopic (exact) mass is 511 g/mol. The molecule has 0 aliphatic rings. The first-order chi connectivity index (χ1) is 17.5. The summed E-state index contributed by atoms with van der Waals surface area (Å²) in [6, 6.07) is 23.9. The van der Waals surface area contributed by atoms with Gasteiger partial charge in [0.05, 0.1) is 17.1 Å². The van der Waals surface area contributed by atoms with E-state index in [1.807, 2.05) is 41.8 Å². The highest BCUT2D eigenvalue weighted by molar-refractivity contribution is 7.12. The largest absolute Gasteiger partial charge is 0.435 e. The Bertz CT molecular complexity index is 1440. The minimum absolute atomic E-state index is 0.0373. The molecule has 0 atom stereocenters. The number of alkyl halides is 4. The van der Waals surface area contributed by atoms with Gasteiger partial charge in [-0.05, 0) is 54.6 Å². The third kappa shape index (κ3) is 5.23. The molecule has 0 radical (unpaired) electrons. The minimum Gasteiger partial charge on any atom is -0.435 e. The Balaban J connectivity index is 1.55. The van der Waals surface area contributed by atoms with Gasteiger partial charge in [0, 0.05) is 22.1 Å². The molecule has 0 aliphatic carbocycles. The van der Waals surface area contributed by atoms with E-state index in [1.54, 1.807) is 28.9 Å². The lowest BCUT2D eigenvalue weighted by molar-refractivity contribution is -0.0505. The van der Waals surface area contributed by atoms with Crippen LogP contribution < -0.4 is 9.47 Å². The fraction of sp³-hybridized carbons (Fsp3) is 0.0769. The molecular formula is C26H17F4N3O2S. The van der Waals surface area contributed by atoms with Crippen LogP contribution >= 0.6 is 11.3 Å². The Labute approximate surface area is 207 Å². The Morgan fingerprint density at radius 1 is 0.667 bits per heavy atom. The first kappa shape index (κ1) is 23.6. The van der Waals surface area contributed by atoms with Crippen molar-refractivity contribution < 1.29 is 27.0 Å². The third-order valence-corrected chi connectivity index (χ3v) is 6.02. The van der Waals surface area contributed by atoms with Gasteiger partial charge in [0.1, 0.15) is 11.5 Å². The molecule has 5 nitrogen and oxygen atoms in total. The van der Waals surface area contributed by atoms with Crippen LogP contribution in [-0.4, -0.2) is 28.0 Å². The van der Waals surface area contributed by atoms with Gasteiger partial charge in [0.2, 0.25) is 5.13 Å². The van der Waals surface area contributed by atoms with Crippen molar-refractivity contribution in [3.63, 3.8) is 0 Å². The lowest BCUT2D eigenvalue weighted by Gasteiger charge is -2.07. The Morgan fingerprint density at radius 3 is 1.81 bits per heavy atom. The summed E-state index contributed by atoms with van der Waals surface area (Å²) in [6.45, 7) is -5.83. The van der Waals surface area contributed by atoms with Crippen LogP contribution in [0.2, 0.25) is 0 Å². The van der Waals surface area contributed by atoms with Crippen LogP contribution in [0.1, 0.15) is 0 Å². The number of halogens is 4. The summed E-state index contributed by atoms with van der Waals surface area (Å²) in [7, 11) is 0. The van der Waals surface area contributed by atoms with Gasteiger partial charge < -0.3 is 9.47 Å². The van der Waals surface area contributed by atoms with E-state index >= 15 is 0 Å². The van der Waals surface area contributed by atoms with Crippen LogP contribution in [0.15, 0.2) is 90.3 Å². The van der Waals surface area contributed by atoms with Crippen molar-refractivity contribution in [2.45, 2.75) is 13.2 Å². The smallest absolute Gasteiger partial charge is 0.387 e. The van der Waals surface area contributed by atoms with E-state index in [2.05, 4.69) is 9.47 Å². The molecule has 0 N–H and O–H groups in total. The molecule has 0 saturated heterocycles. The molecule has 0 fully saturated rings. The van der Waals surface area contributed by atoms with Gasteiger partial charge in [-0.3, -0.25) is 0 Å². The number of aromatic nitrogens is 3. The van der Waals surface area contributed by atoms with E-state index in [0.717, 1.165) is 11.3 Å². The Morgan fingerprint density at radius 2 is 1.22 bits per heavy atom. The van der Waals surface area contributed by atoms with Gasteiger partial charge in [0.15, 0.2) is 0 Å². The van der Waals surface area contributed by atoms with Gasteiger partial charge in [-0.1, -0.05) is 30.3 Å². The van der Waals surface area contributed by atoms with Crippen LogP contribution in [0.4, 0.5) is 17.6 Å². The molecule has 0 spiro atoms. The van der Waals surface area contributed by atoms with Gasteiger partial charge >= 0.3 is 13.2 Å². The average molecular weight is 512 g/mol. The van der Waals surface area contributed by atoms with E-state index in [0.29, 0.717) is 27.6 Å². The maximum Gasteiger partial charge on any atom is 0.387 e. The summed E-state index contributed by atoms with van der Waals surface area (Å²) in [5.41, 5.74) is 4.34. The first-order valence-electron chi connectivity index (χ1n) is 10.7. The number of thiazole rings is 1. The number of hydrogen-bond donors (Lipinski definition) is 0. The molecule has 36 heavy (non-hydrogen) atoms. The molecule has 3 aromatic carbocycles. The zero-order valence-corrected chi connectivity index (χ0v) is 19.2. The molecule has 0 unspecified atom stereocenters. The molecule has 0 aliphatic heterocycles. The normalized spacial score (nSPS) is 11.3. The summed E-state index contributed by atoms with van der Waals surface area (Å²) >= 11 is 1.40. The highest BCUT2D eigenvalue weighted by Gasteiger charge is 2.17. The van der Waals surface area contributed by atoms with Crippen molar-refractivity contribution in [3.8, 4) is 50.4 Å². The molecule has 5 aromatic rings. The van der Waals surface area contributed by atoms with Crippen molar-refractivity contribution in [2.24, 2.45) is 0 Å². The molecule has 2 heterocycles. The van der Waals surface area contributed by atoms with Gasteiger partial charge in [-0.15, -0.1) is 11.3 Å². The molecule has 5 rings (SSSR count). The maximum absolute atomic E-state index is 12.6. The summed E-state index contributed by atoms with van der Waals surface area (Å²) in [6.07, 6.45) is 0. The number of hydrogen-bond acceptors (Lipinski definition) is 5. The van der Waals surface area contributed by atoms with Crippen LogP contribution in [0, 0.1) is 0 Å². The lowest BCUT2D eigenvalue weighted by Crippen LogP contribution is -2.02. The van der Waals surface area contributed by atoms with Crippen molar-refractivity contribution in [1.82, 2.24) is 14.8 Å². The standard InChI is InChI=1S/C26H17F4N3O2S/c27-24(28)34-19-10-6-17(7-11-19)21-14-23(18-8-12-20(13-9-18)35-25(29)30)33(32-21)26-31-22(15-36-26)16-4-2-1-3-5-16/h1-15,24-25H. The fourth-order valence-electron chi connectivity index (χ4n) is 3.59. The topological polar surface area (TPSA) is 49.2 Å². The number of benzene rings is 3. The SMILES string of the molecule is FC(F)Oc1ccc(-c2cc(-c3ccc(OC(F)F)cc3)n(-c3nc(-c4ccccc4)cs3)n2)cc1. The summed E-state index contributed by atoms with van der Waals surface area (Å²) in [4.78, 5) is 4.74. The second-order valence-electron chi connectivity index (χ2n) is 7.51. The maximum atomic E-state index is 12.6. The van der Waals surface area contributed by atoms with E-state index in [1.165, 1.54) is 35.6 Å². The predicted molar refractivity (Wildman–Crippen MR) is 129 cm³/mol. The van der Waals surface area contributed by atoms with Crippen LogP contribution in [-0.2, 0) is 0 Å². The minimum atomic E-state index is -2.92. The molecule has 10 heteroatoms. The summed E-state index contributed by atoms with van der Waals surface area (Å²) in [5.74, 6) is 0.0747. The predicted octanol–water partition coefficient (Wildman–Crippen LogP) is 7.53. The van der Waals surface area contributed by atoms with Crippen molar-refractivity contribution in [1.29, 1.82) is 0 Å². The second-order valence-corrected chi connectivity index (χ2v) is 8.35. The highest BCUT2D eigenvalue weighted by Crippen LogP contribution is 2.33. The molecule has 0 amide bonds. The van der Waals surface area contributed by atoms with Gasteiger partial charge in [-0.25, -0.2) is 9.67 Å². The number of rotatable bonds is 8. The molecule has 182 valence electrons. The zero-order valence-electron chi connectivity index (χ0n) is 18.4. The van der Waals surface area contributed by atoms with E-state index in [9.17, 15) is 17.6 Å². The second kappa shape index (κ2) is 10.2. The molecule has 2 aromatic heterocycles. The lowest BCUT2D eigenvalue weighted by atomic mass is 10.1. The Hall–Kier alpha value is -4.18. The van der Waals surface area contributed by atoms with Gasteiger partial charge in [0.25, 0.3) is 0 Å². The molecule has 0 saturated carbocycles. The quantitative estimate of drug-likeness (QED) is 0.202. The van der Waals surface area contributed by atoms with Gasteiger partial charge in [-0.2, -0.15) is 22.7 Å². The van der Waals surface area contributed by atoms with E-state index < -0.39 is 13.2 Å². The average Bonchev–Trinajstić information content (AvgIpc) is 3.53. The fourth-order valence-corrected chi connectivity index (χ4v) is 4.39. The first-order valence-corrected chi connectivity index (χ1v) is 11.6. The highest BCUT2D eigenvalue weighted by atomic mass is 32.1. The summed E-state index contributed by atoms with van der Waals surface area (Å²) in [5, 5.41) is 7.24. The number of nitrogens with zero attached hydrogens (tertiary/aromatic N) is 3. The van der Waals surface area contributed by atoms with Crippen LogP contribution in [0.25, 0.3) is 38.9 Å². The third-order valence-electron chi connectivity index (χ3n) is 5.20. The van der Waals surface area contributed by atoms with Crippen molar-refractivity contribution in [3.05, 3.63) is 90.3 Å². The Kier molecular flexibility index (Phi) is 6.68. The zero-order chi connectivity index (χ0) is 25.1. The van der Waals surface area contributed by atoms with E-state index in [4.69, 9.17) is 10.1 Å². The van der Waals surface area contributed by atoms with Crippen LogP contribution in [0.5, 0.6) is 11.5 Å². The van der Waals surface area contributed by atoms with Crippen molar-refractivity contribution in [2.75, 3.05) is 0 Å². The number of ether oxygens (including phenoxy) is 2. The molecule has 0 bridgehead atoms. The van der Waals surface area contributed by atoms with Crippen LogP contribution in [0.3, 0.4) is 0 Å². The van der Waals surface area contributed by atoms with Crippen molar-refractivity contribution >= 4 is 11.3 Å². The summed E-state index contributed by atoms with van der Waals surface area (Å²) < 4.78 is 60.7. The molecular weight excluding hydrogens is 494 g/mol. The van der Waals surface area contributed by atoms with E-state index in [-0.39, 0.29) is 11.5 Å².